The summed E-state index contributed by atoms with van der Waals surface area (Å²) in [5.74, 6) is -71.3. The van der Waals surface area contributed by atoms with E-state index in [1.807, 2.05) is 103 Å². The summed E-state index contributed by atoms with van der Waals surface area (Å²) >= 11 is 1.67. The van der Waals surface area contributed by atoms with Gasteiger partial charge in [0.15, 0.2) is 96.1 Å². The fourth-order valence-electron chi connectivity index (χ4n) is 9.55. The van der Waals surface area contributed by atoms with Gasteiger partial charge in [-0.15, -0.1) is 21.9 Å². The van der Waals surface area contributed by atoms with Gasteiger partial charge in [-0.25, -0.2) is 87.8 Å². The predicted molar refractivity (Wildman–Crippen MR) is 281 cm³/mol. The lowest BCUT2D eigenvalue weighted by Gasteiger charge is -2.44. The summed E-state index contributed by atoms with van der Waals surface area (Å²) in [4.78, 5) is 31.5. The second-order valence-electron chi connectivity index (χ2n) is 18.4. The van der Waals surface area contributed by atoms with Crippen molar-refractivity contribution in [1.29, 1.82) is 0 Å². The van der Waals surface area contributed by atoms with Gasteiger partial charge in [0.05, 0.1) is 10.9 Å². The monoisotopic (exact) mass is 1260 g/mol. The molecule has 87 heavy (non-hydrogen) atoms. The Hall–Kier alpha value is -9.10. The lowest BCUT2D eigenvalue weighted by molar-refractivity contribution is 0.103. The maximum Gasteiger partial charge on any atom is 0.200 e. The summed E-state index contributed by atoms with van der Waals surface area (Å²) in [5, 5.41) is 0. The average Bonchev–Trinajstić information content (AvgIpc) is 0.686. The average molecular weight is 1260 g/mol. The first kappa shape index (κ1) is 62.4. The zero-order valence-electron chi connectivity index (χ0n) is 42.9. The normalized spacial score (nSPS) is 11.8. The second-order valence-corrected chi connectivity index (χ2v) is 21.6. The Balaban J connectivity index is 0.000000208. The van der Waals surface area contributed by atoms with Gasteiger partial charge >= 0.3 is 0 Å². The molecule has 10 aromatic rings. The van der Waals surface area contributed by atoms with Crippen molar-refractivity contribution >= 4 is 62.2 Å². The molecule has 0 aliphatic heterocycles. The molecule has 442 valence electrons. The van der Waals surface area contributed by atoms with Crippen molar-refractivity contribution in [2.24, 2.45) is 0 Å². The van der Waals surface area contributed by atoms with E-state index >= 15 is 35.1 Å². The first-order valence-corrected chi connectivity index (χ1v) is 26.6. The number of benzene rings is 10. The van der Waals surface area contributed by atoms with E-state index in [0.717, 1.165) is 14.7 Å². The molecule has 0 saturated carbocycles. The quantitative estimate of drug-likeness (QED) is 0.0288. The highest BCUT2D eigenvalue weighted by Gasteiger charge is 2.52. The van der Waals surface area contributed by atoms with Crippen LogP contribution < -0.4 is 21.9 Å². The molecule has 0 N–H and O–H groups in total. The van der Waals surface area contributed by atoms with Crippen LogP contribution >= 0.6 is 11.8 Å². The Morgan fingerprint density at radius 3 is 0.713 bits per heavy atom. The van der Waals surface area contributed by atoms with Crippen LogP contribution in [0.2, 0.25) is 0 Å². The minimum absolute atomic E-state index is 0.0283. The maximum atomic E-state index is 15.4. The molecule has 0 spiro atoms. The molecular formula is C62H27BF20O2S2. The molecule has 0 bridgehead atoms. The third-order valence-electron chi connectivity index (χ3n) is 13.5. The van der Waals surface area contributed by atoms with E-state index in [-0.39, 0.29) is 22.5 Å². The molecule has 0 saturated heterocycles. The largest absolute Gasteiger partial charge is 0.289 e. The van der Waals surface area contributed by atoms with Gasteiger partial charge in [-0.2, -0.15) is 0 Å². The van der Waals surface area contributed by atoms with Crippen molar-refractivity contribution in [3.8, 4) is 0 Å². The van der Waals surface area contributed by atoms with Crippen molar-refractivity contribution in [3.63, 3.8) is 0 Å². The molecule has 0 amide bonds. The minimum Gasteiger partial charge on any atom is -0.289 e. The highest BCUT2D eigenvalue weighted by atomic mass is 32.2. The molecule has 1 atom stereocenters. The lowest BCUT2D eigenvalue weighted by Crippen LogP contribution is -2.81. The van der Waals surface area contributed by atoms with Gasteiger partial charge < -0.3 is 0 Å². The number of halogens is 20. The van der Waals surface area contributed by atoms with Crippen LogP contribution in [0.3, 0.4) is 0 Å². The number of rotatable bonds is 13. The fraction of sp³-hybridized carbons (Fsp3) is 0. The van der Waals surface area contributed by atoms with Crippen LogP contribution in [0.15, 0.2) is 188 Å². The SMILES string of the molecule is Fc1c(F)c(F)c([B-](c2c(F)c(F)c(F)c(F)c2F)(c2c(F)c(F)c(F)c(F)c2F)c2c(F)c(F)c(F)c(F)c2F)c(F)c1F.O=C(c1ccccc1)c1ccc(Sc2ccc([S+](c3ccccc3)c3ccc(C(=O)c4ccccc4)cc3)cc2)cc1. The molecule has 0 aliphatic carbocycles. The van der Waals surface area contributed by atoms with E-state index in [9.17, 15) is 62.3 Å². The predicted octanol–water partition coefficient (Wildman–Crippen LogP) is 15.2. The molecule has 0 radical (unpaired) electrons. The summed E-state index contributed by atoms with van der Waals surface area (Å²) in [7, 11) is -0.320. The highest BCUT2D eigenvalue weighted by Crippen LogP contribution is 2.36. The van der Waals surface area contributed by atoms with E-state index in [1.54, 1.807) is 11.8 Å². The zero-order valence-corrected chi connectivity index (χ0v) is 44.5. The first-order chi connectivity index (χ1) is 41.4. The summed E-state index contributed by atoms with van der Waals surface area (Å²) in [6, 6.07) is 53.7. The van der Waals surface area contributed by atoms with Crippen LogP contribution in [-0.2, 0) is 10.9 Å². The van der Waals surface area contributed by atoms with Gasteiger partial charge in [0.25, 0.3) is 0 Å². The third-order valence-corrected chi connectivity index (χ3v) is 16.8. The van der Waals surface area contributed by atoms with Crippen LogP contribution in [0.5, 0.6) is 0 Å². The van der Waals surface area contributed by atoms with Crippen LogP contribution in [0.25, 0.3) is 0 Å². The maximum absolute atomic E-state index is 15.4. The second kappa shape index (κ2) is 25.1. The van der Waals surface area contributed by atoms with E-state index in [0.29, 0.717) is 22.3 Å². The molecule has 0 aromatic heterocycles. The Morgan fingerprint density at radius 1 is 0.241 bits per heavy atom. The van der Waals surface area contributed by atoms with Gasteiger partial charge in [-0.3, -0.25) is 9.59 Å². The van der Waals surface area contributed by atoms with Crippen LogP contribution in [-0.4, -0.2) is 17.7 Å². The first-order valence-electron chi connectivity index (χ1n) is 24.6. The molecule has 0 fully saturated rings. The van der Waals surface area contributed by atoms with Crippen LogP contribution in [0.1, 0.15) is 31.8 Å². The minimum atomic E-state index is -7.22. The van der Waals surface area contributed by atoms with Crippen molar-refractivity contribution in [3.05, 3.63) is 302 Å². The fourth-order valence-corrected chi connectivity index (χ4v) is 12.4. The smallest absolute Gasteiger partial charge is 0.200 e. The third kappa shape index (κ3) is 11.1. The van der Waals surface area contributed by atoms with Crippen molar-refractivity contribution < 1.29 is 97.4 Å². The molecule has 0 aliphatic rings. The van der Waals surface area contributed by atoms with Gasteiger partial charge in [0, 0.05) is 32.0 Å². The van der Waals surface area contributed by atoms with Crippen molar-refractivity contribution in [1.82, 2.24) is 0 Å². The van der Waals surface area contributed by atoms with E-state index in [2.05, 4.69) is 60.7 Å². The zero-order chi connectivity index (χ0) is 63.1. The molecular weight excluding hydrogens is 1230 g/mol. The van der Waals surface area contributed by atoms with Crippen molar-refractivity contribution in [2.75, 3.05) is 0 Å². The van der Waals surface area contributed by atoms with E-state index in [1.165, 1.54) is 9.79 Å². The Bertz CT molecular complexity index is 3940. The number of ketones is 2. The Morgan fingerprint density at radius 2 is 0.437 bits per heavy atom. The van der Waals surface area contributed by atoms with Gasteiger partial charge in [-0.05, 0) is 84.9 Å². The van der Waals surface area contributed by atoms with E-state index in [4.69, 9.17) is 0 Å². The van der Waals surface area contributed by atoms with Crippen LogP contribution in [0.4, 0.5) is 87.8 Å². The molecule has 1 unspecified atom stereocenters. The molecule has 25 heteroatoms. The van der Waals surface area contributed by atoms with Crippen molar-refractivity contribution in [2.45, 2.75) is 24.5 Å². The van der Waals surface area contributed by atoms with Gasteiger partial charge in [-0.1, -0.05) is 90.6 Å². The van der Waals surface area contributed by atoms with E-state index < -0.39 is 144 Å². The Kier molecular flexibility index (Phi) is 18.0. The number of hydrogen-bond acceptors (Lipinski definition) is 3. The summed E-state index contributed by atoms with van der Waals surface area (Å²) in [6.45, 7) is 0. The summed E-state index contributed by atoms with van der Waals surface area (Å²) in [6.07, 6.45) is -7.22. The standard InChI is InChI=1S/C38H27O2S2.C24BF20/c39-37(28-10-4-1-5-11-28)30-16-20-32(21-17-30)41-33-22-26-36(27-23-33)42(34-14-8-3-9-15-34)35-24-18-31(19-25-35)38(40)29-12-6-2-7-13-29;26-5-1(6(27)14(35)21(42)13(5)34)25(2-7(28)15(36)22(43)16(37)8(2)29,3-9(30)17(38)23(44)18(39)10(3)31)4-11(32)19(40)24(45)20(41)12(4)33/h1-27H;/q+1;-1. The van der Waals surface area contributed by atoms with Gasteiger partial charge in [0.1, 0.15) is 52.7 Å². The summed E-state index contributed by atoms with van der Waals surface area (Å²) in [5.41, 5.74) is -11.6. The number of carbonyl (C=O) groups is 2. The topological polar surface area (TPSA) is 34.1 Å². The Labute approximate surface area is 484 Å². The summed E-state index contributed by atoms with van der Waals surface area (Å²) < 4.78 is 294. The molecule has 10 rings (SSSR count). The van der Waals surface area contributed by atoms with Crippen LogP contribution in [0, 0.1) is 116 Å². The molecule has 2 nitrogen and oxygen atoms in total. The molecule has 10 aromatic carbocycles. The van der Waals surface area contributed by atoms with Gasteiger partial charge in [0.2, 0.25) is 0 Å². The number of hydrogen-bond donors (Lipinski definition) is 0. The highest BCUT2D eigenvalue weighted by molar-refractivity contribution is 7.99. The number of carbonyl (C=O) groups excluding carboxylic acids is 2. The molecule has 0 heterocycles. The lowest BCUT2D eigenvalue weighted by atomic mass is 9.12.